The van der Waals surface area contributed by atoms with Gasteiger partial charge >= 0.3 is 0 Å². The molecule has 1 atom stereocenters. The van der Waals surface area contributed by atoms with Gasteiger partial charge in [0.05, 0.1) is 23.1 Å². The number of hydrogen-bond donors (Lipinski definition) is 2. The molecular formula is C28H36N6O4S. The van der Waals surface area contributed by atoms with Gasteiger partial charge in [-0.25, -0.2) is 19.7 Å². The van der Waals surface area contributed by atoms with E-state index in [9.17, 15) is 13.2 Å². The second-order valence-electron chi connectivity index (χ2n) is 10.3. The van der Waals surface area contributed by atoms with E-state index < -0.39 is 15.9 Å². The van der Waals surface area contributed by atoms with Crippen molar-refractivity contribution in [3.05, 3.63) is 54.1 Å². The standard InChI is InChI=1S/C28H36N6O4S/c1-6-19(7-2)38-24-12-8-10-21(30-24)22-15-14-20(26(31-22)34-17-16-18(3)28(34,4)5)27(35)33-39(36,37)25-13-9-11-23(29)32-25/h8-15,18-19H,6-7,16-17H2,1-5H3,(H2,29,32)(H,33,35). The van der Waals surface area contributed by atoms with Gasteiger partial charge in [0.1, 0.15) is 11.6 Å². The van der Waals surface area contributed by atoms with Crippen molar-refractivity contribution in [3.8, 4) is 17.3 Å². The first-order chi connectivity index (χ1) is 18.5. The number of nitrogens with one attached hydrogen (secondary N) is 1. The van der Waals surface area contributed by atoms with E-state index in [-0.39, 0.29) is 28.1 Å². The topological polar surface area (TPSA) is 140 Å². The summed E-state index contributed by atoms with van der Waals surface area (Å²) in [4.78, 5) is 28.9. The molecule has 0 radical (unpaired) electrons. The number of anilines is 2. The normalized spacial score (nSPS) is 16.9. The Morgan fingerprint density at radius 3 is 2.41 bits per heavy atom. The van der Waals surface area contributed by atoms with Crippen molar-refractivity contribution < 1.29 is 17.9 Å². The minimum absolute atomic E-state index is 0.0349. The van der Waals surface area contributed by atoms with Crippen LogP contribution < -0.4 is 20.1 Å². The van der Waals surface area contributed by atoms with E-state index in [1.165, 1.54) is 18.2 Å². The highest BCUT2D eigenvalue weighted by atomic mass is 32.2. The first kappa shape index (κ1) is 28.3. The molecule has 1 saturated heterocycles. The van der Waals surface area contributed by atoms with E-state index in [2.05, 4.69) is 54.2 Å². The summed E-state index contributed by atoms with van der Waals surface area (Å²) in [5.74, 6) is 0.453. The fourth-order valence-corrected chi connectivity index (χ4v) is 5.58. The van der Waals surface area contributed by atoms with Crippen LogP contribution in [-0.4, -0.2) is 47.5 Å². The summed E-state index contributed by atoms with van der Waals surface area (Å²) in [5.41, 5.74) is 6.61. The Morgan fingerprint density at radius 2 is 1.77 bits per heavy atom. The van der Waals surface area contributed by atoms with Crippen molar-refractivity contribution in [3.63, 3.8) is 0 Å². The fourth-order valence-electron chi connectivity index (χ4n) is 4.64. The van der Waals surface area contributed by atoms with Gasteiger partial charge in [0.2, 0.25) is 5.88 Å². The third-order valence-corrected chi connectivity index (χ3v) is 8.73. The monoisotopic (exact) mass is 552 g/mol. The molecule has 39 heavy (non-hydrogen) atoms. The van der Waals surface area contributed by atoms with Gasteiger partial charge in [-0.3, -0.25) is 4.79 Å². The van der Waals surface area contributed by atoms with E-state index in [1.54, 1.807) is 12.1 Å². The van der Waals surface area contributed by atoms with Crippen molar-refractivity contribution in [1.82, 2.24) is 19.7 Å². The zero-order valence-electron chi connectivity index (χ0n) is 23.0. The smallest absolute Gasteiger partial charge is 0.281 e. The number of amides is 1. The van der Waals surface area contributed by atoms with E-state index >= 15 is 0 Å². The van der Waals surface area contributed by atoms with E-state index in [0.29, 0.717) is 35.5 Å². The summed E-state index contributed by atoms with van der Waals surface area (Å²) in [7, 11) is -4.26. The lowest BCUT2D eigenvalue weighted by Gasteiger charge is -2.36. The number of pyridine rings is 3. The van der Waals surface area contributed by atoms with Gasteiger partial charge in [0.25, 0.3) is 15.9 Å². The molecule has 4 rings (SSSR count). The Labute approximate surface area is 230 Å². The van der Waals surface area contributed by atoms with Crippen LogP contribution in [0.3, 0.4) is 0 Å². The van der Waals surface area contributed by atoms with Crippen molar-refractivity contribution >= 4 is 27.6 Å². The maximum atomic E-state index is 13.4. The van der Waals surface area contributed by atoms with Crippen LogP contribution in [0.2, 0.25) is 0 Å². The number of nitrogens with two attached hydrogens (primary N) is 1. The van der Waals surface area contributed by atoms with Crippen molar-refractivity contribution in [2.24, 2.45) is 5.92 Å². The van der Waals surface area contributed by atoms with Crippen molar-refractivity contribution in [1.29, 1.82) is 0 Å². The summed E-state index contributed by atoms with van der Waals surface area (Å²) < 4.78 is 34.0. The lowest BCUT2D eigenvalue weighted by Crippen LogP contribution is -2.43. The third kappa shape index (κ3) is 5.98. The maximum absolute atomic E-state index is 13.4. The van der Waals surface area contributed by atoms with Gasteiger partial charge in [-0.15, -0.1) is 0 Å². The fraction of sp³-hybridized carbons (Fsp3) is 0.429. The van der Waals surface area contributed by atoms with Crippen LogP contribution in [0.15, 0.2) is 53.6 Å². The summed E-state index contributed by atoms with van der Waals surface area (Å²) in [5, 5.41) is -0.337. The number of ether oxygens (including phenoxy) is 1. The molecule has 3 aromatic heterocycles. The van der Waals surface area contributed by atoms with Crippen LogP contribution in [0.4, 0.5) is 11.6 Å². The molecule has 208 valence electrons. The quantitative estimate of drug-likeness (QED) is 0.394. The average molecular weight is 553 g/mol. The van der Waals surface area contributed by atoms with Crippen LogP contribution in [0.25, 0.3) is 11.4 Å². The van der Waals surface area contributed by atoms with Crippen LogP contribution in [0.5, 0.6) is 5.88 Å². The van der Waals surface area contributed by atoms with Crippen molar-refractivity contribution in [2.75, 3.05) is 17.2 Å². The molecule has 1 aliphatic rings. The molecule has 1 fully saturated rings. The summed E-state index contributed by atoms with van der Waals surface area (Å²) in [6.45, 7) is 11.1. The van der Waals surface area contributed by atoms with Gasteiger partial charge in [0.15, 0.2) is 5.03 Å². The Bertz CT molecular complexity index is 1460. The second-order valence-corrected chi connectivity index (χ2v) is 11.9. The number of carbonyl (C=O) groups excluding carboxylic acids is 1. The highest BCUT2D eigenvalue weighted by molar-refractivity contribution is 7.90. The molecule has 0 spiro atoms. The second kappa shape index (κ2) is 11.2. The number of carbonyl (C=O) groups is 1. The van der Waals surface area contributed by atoms with Crippen LogP contribution in [0, 0.1) is 5.92 Å². The van der Waals surface area contributed by atoms with Gasteiger partial charge in [-0.2, -0.15) is 8.42 Å². The molecule has 0 aliphatic carbocycles. The molecule has 4 heterocycles. The molecule has 3 N–H and O–H groups in total. The van der Waals surface area contributed by atoms with Crippen molar-refractivity contribution in [2.45, 2.75) is 70.6 Å². The zero-order valence-corrected chi connectivity index (χ0v) is 23.8. The van der Waals surface area contributed by atoms with E-state index in [0.717, 1.165) is 19.3 Å². The largest absolute Gasteiger partial charge is 0.474 e. The van der Waals surface area contributed by atoms with Crippen LogP contribution in [0.1, 0.15) is 64.2 Å². The molecule has 0 aromatic carbocycles. The molecule has 3 aromatic rings. The SMILES string of the molecule is CCC(CC)Oc1cccc(-c2ccc(C(=O)NS(=O)(=O)c3cccc(N)n3)c(N3CCC(C)C3(C)C)n2)n1. The molecule has 0 saturated carbocycles. The minimum Gasteiger partial charge on any atom is -0.474 e. The third-order valence-electron chi connectivity index (χ3n) is 7.49. The number of nitrogen functional groups attached to an aromatic ring is 1. The predicted octanol–water partition coefficient (Wildman–Crippen LogP) is 4.43. The minimum atomic E-state index is -4.26. The molecule has 1 amide bonds. The molecule has 10 nitrogen and oxygen atoms in total. The number of sulfonamides is 1. The van der Waals surface area contributed by atoms with Crippen LogP contribution >= 0.6 is 0 Å². The first-order valence-corrected chi connectivity index (χ1v) is 14.7. The lowest BCUT2D eigenvalue weighted by molar-refractivity contribution is 0.0981. The summed E-state index contributed by atoms with van der Waals surface area (Å²) in [6, 6.07) is 13.0. The molecular weight excluding hydrogens is 516 g/mol. The van der Waals surface area contributed by atoms with Gasteiger partial charge in [-0.1, -0.05) is 32.9 Å². The number of nitrogens with zero attached hydrogens (tertiary/aromatic N) is 4. The van der Waals surface area contributed by atoms with Gasteiger partial charge < -0.3 is 15.4 Å². The Kier molecular flexibility index (Phi) is 8.10. The average Bonchev–Trinajstić information content (AvgIpc) is 3.18. The van der Waals surface area contributed by atoms with Gasteiger partial charge in [-0.05, 0) is 69.4 Å². The molecule has 0 bridgehead atoms. The summed E-state index contributed by atoms with van der Waals surface area (Å²) >= 11 is 0. The van der Waals surface area contributed by atoms with Gasteiger partial charge in [0, 0.05) is 18.2 Å². The Morgan fingerprint density at radius 1 is 1.08 bits per heavy atom. The van der Waals surface area contributed by atoms with Crippen LogP contribution in [-0.2, 0) is 10.0 Å². The Hall–Kier alpha value is -3.73. The Balaban J connectivity index is 1.74. The number of hydrogen-bond acceptors (Lipinski definition) is 9. The number of aromatic nitrogens is 3. The molecule has 11 heteroatoms. The first-order valence-electron chi connectivity index (χ1n) is 13.2. The zero-order chi connectivity index (χ0) is 28.4. The highest BCUT2D eigenvalue weighted by Gasteiger charge is 2.41. The maximum Gasteiger partial charge on any atom is 0.281 e. The number of rotatable bonds is 9. The molecule has 1 unspecified atom stereocenters. The van der Waals surface area contributed by atoms with E-state index in [1.807, 2.05) is 18.2 Å². The highest BCUT2D eigenvalue weighted by Crippen LogP contribution is 2.39. The summed E-state index contributed by atoms with van der Waals surface area (Å²) in [6.07, 6.45) is 2.70. The lowest BCUT2D eigenvalue weighted by atomic mass is 9.90. The van der Waals surface area contributed by atoms with E-state index in [4.69, 9.17) is 15.5 Å². The predicted molar refractivity (Wildman–Crippen MR) is 151 cm³/mol. The molecule has 1 aliphatic heterocycles.